The minimum Gasteiger partial charge on any atom is -0.462 e. The Morgan fingerprint density at radius 3 is 2.47 bits per heavy atom. The topological polar surface area (TPSA) is 146 Å². The predicted molar refractivity (Wildman–Crippen MR) is 110 cm³/mol. The van der Waals surface area contributed by atoms with Crippen LogP contribution in [0.25, 0.3) is 0 Å². The molecule has 2 rings (SSSR count). The zero-order valence-electron chi connectivity index (χ0n) is 17.0. The number of esters is 2. The molecule has 0 spiro atoms. The summed E-state index contributed by atoms with van der Waals surface area (Å²) < 4.78 is 10.2. The summed E-state index contributed by atoms with van der Waals surface area (Å²) in [5, 5.41) is 20.9. The van der Waals surface area contributed by atoms with E-state index in [1.807, 2.05) is 26.8 Å². The van der Waals surface area contributed by atoms with Crippen LogP contribution >= 0.6 is 11.3 Å². The van der Waals surface area contributed by atoms with Crippen molar-refractivity contribution in [2.24, 2.45) is 0 Å². The van der Waals surface area contributed by atoms with Crippen LogP contribution < -0.4 is 5.73 Å². The van der Waals surface area contributed by atoms with Gasteiger partial charge in [-0.3, -0.25) is 10.1 Å². The number of nitrogen functional groups attached to an aromatic ring is 1. The normalized spacial score (nSPS) is 10.9. The molecule has 10 heteroatoms. The SMILES string of the molecule is CCOC(=O)c1sc(N)c(C#N)c1COC(=O)c1ccc(C(C)(C)C)c([N+](=O)[O-])c1. The number of carbonyl (C=O) groups excluding carboxylic acids is 2. The number of hydrogen-bond acceptors (Lipinski definition) is 9. The van der Waals surface area contributed by atoms with E-state index in [0.29, 0.717) is 5.56 Å². The second-order valence-corrected chi connectivity index (χ2v) is 8.35. The van der Waals surface area contributed by atoms with E-state index in [-0.39, 0.29) is 38.9 Å². The van der Waals surface area contributed by atoms with Crippen LogP contribution in [0.4, 0.5) is 10.7 Å². The number of benzene rings is 1. The van der Waals surface area contributed by atoms with Gasteiger partial charge in [0.05, 0.1) is 22.7 Å². The van der Waals surface area contributed by atoms with Crippen molar-refractivity contribution in [2.45, 2.75) is 39.7 Å². The molecule has 0 saturated carbocycles. The van der Waals surface area contributed by atoms with Gasteiger partial charge in [0.25, 0.3) is 5.69 Å². The zero-order chi connectivity index (χ0) is 22.6. The molecule has 0 amide bonds. The fourth-order valence-corrected chi connectivity index (χ4v) is 3.69. The molecule has 0 aliphatic carbocycles. The lowest BCUT2D eigenvalue weighted by atomic mass is 9.85. The predicted octanol–water partition coefficient (Wildman–Crippen LogP) is 3.94. The van der Waals surface area contributed by atoms with Crippen LogP contribution in [0.5, 0.6) is 0 Å². The fraction of sp³-hybridized carbons (Fsp3) is 0.350. The van der Waals surface area contributed by atoms with Crippen molar-refractivity contribution in [2.75, 3.05) is 12.3 Å². The first-order chi connectivity index (χ1) is 14.0. The van der Waals surface area contributed by atoms with Gasteiger partial charge in [-0.2, -0.15) is 5.26 Å². The lowest BCUT2D eigenvalue weighted by Gasteiger charge is -2.19. The summed E-state index contributed by atoms with van der Waals surface area (Å²) in [5.41, 5.74) is 5.74. The van der Waals surface area contributed by atoms with Crippen LogP contribution in [0.15, 0.2) is 18.2 Å². The van der Waals surface area contributed by atoms with Crippen LogP contribution in [-0.2, 0) is 21.5 Å². The third-order valence-electron chi connectivity index (χ3n) is 4.19. The number of ether oxygens (including phenoxy) is 2. The molecule has 1 heterocycles. The molecule has 0 aliphatic rings. The number of nitro groups is 1. The molecule has 158 valence electrons. The van der Waals surface area contributed by atoms with Gasteiger partial charge in [-0.1, -0.05) is 26.8 Å². The molecule has 0 bridgehead atoms. The standard InChI is InChI=1S/C20H21N3O6S/c1-5-28-19(25)16-13(12(9-21)17(22)30-16)10-29-18(24)11-6-7-14(20(2,3)4)15(8-11)23(26)27/h6-8H,5,10,22H2,1-4H3. The largest absolute Gasteiger partial charge is 0.462 e. The van der Waals surface area contributed by atoms with E-state index < -0.39 is 28.9 Å². The smallest absolute Gasteiger partial charge is 0.348 e. The molecule has 0 unspecified atom stereocenters. The maximum atomic E-state index is 12.5. The van der Waals surface area contributed by atoms with Gasteiger partial charge in [-0.05, 0) is 18.4 Å². The Bertz CT molecular complexity index is 1050. The summed E-state index contributed by atoms with van der Waals surface area (Å²) in [6.07, 6.45) is 0. The maximum absolute atomic E-state index is 12.5. The van der Waals surface area contributed by atoms with Gasteiger partial charge >= 0.3 is 11.9 Å². The van der Waals surface area contributed by atoms with Crippen molar-refractivity contribution in [1.29, 1.82) is 5.26 Å². The molecule has 0 radical (unpaired) electrons. The Hall–Kier alpha value is -3.45. The molecule has 1 aromatic heterocycles. The molecule has 1 aromatic carbocycles. The van der Waals surface area contributed by atoms with E-state index in [2.05, 4.69) is 0 Å². The number of thiophene rings is 1. The van der Waals surface area contributed by atoms with Crippen molar-refractivity contribution in [3.63, 3.8) is 0 Å². The first-order valence-corrected chi connectivity index (χ1v) is 9.77. The van der Waals surface area contributed by atoms with Crippen molar-refractivity contribution in [3.8, 4) is 6.07 Å². The minimum absolute atomic E-state index is 0.0194. The Kier molecular flexibility index (Phi) is 6.79. The van der Waals surface area contributed by atoms with Gasteiger partial charge < -0.3 is 15.2 Å². The summed E-state index contributed by atoms with van der Waals surface area (Å²) in [4.78, 5) is 35.6. The van der Waals surface area contributed by atoms with Crippen LogP contribution in [0.2, 0.25) is 0 Å². The first-order valence-electron chi connectivity index (χ1n) is 8.95. The van der Waals surface area contributed by atoms with Crippen molar-refractivity contribution in [1.82, 2.24) is 0 Å². The molecule has 2 aromatic rings. The number of nitrogens with zero attached hydrogens (tertiary/aromatic N) is 2. The van der Waals surface area contributed by atoms with Crippen LogP contribution in [-0.4, -0.2) is 23.5 Å². The molecule has 9 nitrogen and oxygen atoms in total. The molecule has 2 N–H and O–H groups in total. The van der Waals surface area contributed by atoms with Gasteiger partial charge in [0, 0.05) is 17.2 Å². The van der Waals surface area contributed by atoms with Crippen molar-refractivity contribution < 1.29 is 24.0 Å². The fourth-order valence-electron chi connectivity index (χ4n) is 2.77. The lowest BCUT2D eigenvalue weighted by molar-refractivity contribution is -0.386. The summed E-state index contributed by atoms with van der Waals surface area (Å²) >= 11 is 0.872. The summed E-state index contributed by atoms with van der Waals surface area (Å²) in [7, 11) is 0. The van der Waals surface area contributed by atoms with Crippen LogP contribution in [0.1, 0.15) is 64.4 Å². The molecule has 0 aliphatic heterocycles. The molecule has 0 atom stereocenters. The Morgan fingerprint density at radius 2 is 1.93 bits per heavy atom. The number of nitrogens with two attached hydrogens (primary N) is 1. The third kappa shape index (κ3) is 4.75. The Balaban J connectivity index is 2.33. The average Bonchev–Trinajstić information content (AvgIpc) is 3.00. The molecule has 0 fully saturated rings. The minimum atomic E-state index is -0.831. The number of carbonyl (C=O) groups is 2. The number of hydrogen-bond donors (Lipinski definition) is 1. The summed E-state index contributed by atoms with van der Waals surface area (Å²) in [5.74, 6) is -1.51. The molecule has 30 heavy (non-hydrogen) atoms. The van der Waals surface area contributed by atoms with Crippen LogP contribution in [0, 0.1) is 21.4 Å². The maximum Gasteiger partial charge on any atom is 0.348 e. The Morgan fingerprint density at radius 1 is 1.27 bits per heavy atom. The average molecular weight is 431 g/mol. The number of nitro benzene ring substituents is 1. The van der Waals surface area contributed by atoms with E-state index in [0.717, 1.165) is 17.4 Å². The molecule has 0 saturated heterocycles. The second-order valence-electron chi connectivity index (χ2n) is 7.30. The monoisotopic (exact) mass is 431 g/mol. The van der Waals surface area contributed by atoms with Gasteiger partial charge in [0.1, 0.15) is 22.6 Å². The van der Waals surface area contributed by atoms with E-state index in [9.17, 15) is 25.0 Å². The highest BCUT2D eigenvalue weighted by Crippen LogP contribution is 2.33. The number of nitriles is 1. The highest BCUT2D eigenvalue weighted by Gasteiger charge is 2.27. The van der Waals surface area contributed by atoms with Gasteiger partial charge in [0.15, 0.2) is 0 Å². The van der Waals surface area contributed by atoms with E-state index >= 15 is 0 Å². The van der Waals surface area contributed by atoms with E-state index in [1.165, 1.54) is 12.1 Å². The third-order valence-corrected chi connectivity index (χ3v) is 5.23. The molecular formula is C20H21N3O6S. The van der Waals surface area contributed by atoms with Crippen molar-refractivity contribution in [3.05, 3.63) is 55.4 Å². The van der Waals surface area contributed by atoms with Gasteiger partial charge in [-0.15, -0.1) is 11.3 Å². The highest BCUT2D eigenvalue weighted by atomic mass is 32.1. The van der Waals surface area contributed by atoms with E-state index in [1.54, 1.807) is 6.92 Å². The van der Waals surface area contributed by atoms with Gasteiger partial charge in [-0.25, -0.2) is 9.59 Å². The first kappa shape index (κ1) is 22.8. The zero-order valence-corrected chi connectivity index (χ0v) is 17.8. The quantitative estimate of drug-likeness (QED) is 0.411. The molecular weight excluding hydrogens is 410 g/mol. The number of anilines is 1. The van der Waals surface area contributed by atoms with Crippen LogP contribution in [0.3, 0.4) is 0 Å². The highest BCUT2D eigenvalue weighted by molar-refractivity contribution is 7.18. The summed E-state index contributed by atoms with van der Waals surface area (Å²) in [6, 6.07) is 6.00. The summed E-state index contributed by atoms with van der Waals surface area (Å²) in [6.45, 7) is 6.84. The number of rotatable bonds is 6. The van der Waals surface area contributed by atoms with Gasteiger partial charge in [0.2, 0.25) is 0 Å². The Labute approximate surface area is 177 Å². The lowest BCUT2D eigenvalue weighted by Crippen LogP contribution is -2.15. The van der Waals surface area contributed by atoms with E-state index in [4.69, 9.17) is 15.2 Å². The second kappa shape index (κ2) is 8.92. The van der Waals surface area contributed by atoms with Crippen molar-refractivity contribution >= 4 is 34.0 Å².